The van der Waals surface area contributed by atoms with Crippen LogP contribution < -0.4 is 5.32 Å². The van der Waals surface area contributed by atoms with E-state index in [0.29, 0.717) is 22.3 Å². The number of halogens is 2. The highest BCUT2D eigenvalue weighted by Gasteiger charge is 2.20. The number of nitrogens with zero attached hydrogens (tertiary/aromatic N) is 2. The Balaban J connectivity index is 1.30. The van der Waals surface area contributed by atoms with Crippen molar-refractivity contribution in [3.8, 4) is 0 Å². The van der Waals surface area contributed by atoms with E-state index in [9.17, 15) is 4.79 Å². The maximum absolute atomic E-state index is 12.4. The second-order valence-electron chi connectivity index (χ2n) is 7.36. The van der Waals surface area contributed by atoms with Gasteiger partial charge in [-0.1, -0.05) is 65.7 Å². The van der Waals surface area contributed by atoms with Gasteiger partial charge in [-0.2, -0.15) is 0 Å². The van der Waals surface area contributed by atoms with E-state index in [1.165, 1.54) is 16.3 Å². The largest absolute Gasteiger partial charge is 0.324 e. The molecule has 1 N–H and O–H groups in total. The average Bonchev–Trinajstić information content (AvgIpc) is 2.72. The number of amides is 1. The van der Waals surface area contributed by atoms with Crippen molar-refractivity contribution in [2.75, 3.05) is 38.0 Å². The summed E-state index contributed by atoms with van der Waals surface area (Å²) in [5, 5.41) is 6.49. The van der Waals surface area contributed by atoms with E-state index in [0.717, 1.165) is 32.7 Å². The maximum atomic E-state index is 12.4. The molecule has 1 aliphatic rings. The van der Waals surface area contributed by atoms with E-state index >= 15 is 0 Å². The molecule has 1 aliphatic heterocycles. The second-order valence-corrected chi connectivity index (χ2v) is 8.21. The Morgan fingerprint density at radius 2 is 1.62 bits per heavy atom. The Labute approximate surface area is 181 Å². The lowest BCUT2D eigenvalue weighted by molar-refractivity contribution is -0.117. The van der Waals surface area contributed by atoms with Gasteiger partial charge in [-0.3, -0.25) is 14.6 Å². The molecule has 3 aromatic rings. The first-order valence-corrected chi connectivity index (χ1v) is 10.5. The van der Waals surface area contributed by atoms with Crippen LogP contribution in [0.3, 0.4) is 0 Å². The molecule has 1 saturated heterocycles. The summed E-state index contributed by atoms with van der Waals surface area (Å²) >= 11 is 12.1. The number of carbonyl (C=O) groups is 1. The molecule has 0 radical (unpaired) electrons. The molecule has 4 rings (SSSR count). The smallest absolute Gasteiger partial charge is 0.238 e. The zero-order valence-electron chi connectivity index (χ0n) is 16.1. The Morgan fingerprint density at radius 1 is 0.897 bits per heavy atom. The number of hydrogen-bond donors (Lipinski definition) is 1. The lowest BCUT2D eigenvalue weighted by Gasteiger charge is -2.34. The zero-order chi connectivity index (χ0) is 20.2. The molecule has 1 heterocycles. The van der Waals surface area contributed by atoms with Crippen LogP contribution in [0.1, 0.15) is 5.56 Å². The number of carbonyl (C=O) groups excluding carboxylic acids is 1. The lowest BCUT2D eigenvalue weighted by atomic mass is 10.0. The van der Waals surface area contributed by atoms with Crippen molar-refractivity contribution in [2.45, 2.75) is 6.54 Å². The zero-order valence-corrected chi connectivity index (χ0v) is 17.6. The highest BCUT2D eigenvalue weighted by molar-refractivity contribution is 6.35. The summed E-state index contributed by atoms with van der Waals surface area (Å²) in [6.07, 6.45) is 0. The van der Waals surface area contributed by atoms with E-state index in [2.05, 4.69) is 57.6 Å². The van der Waals surface area contributed by atoms with Gasteiger partial charge in [-0.25, -0.2) is 0 Å². The summed E-state index contributed by atoms with van der Waals surface area (Å²) in [6.45, 7) is 4.89. The van der Waals surface area contributed by atoms with Gasteiger partial charge < -0.3 is 5.32 Å². The van der Waals surface area contributed by atoms with Crippen LogP contribution in [0.2, 0.25) is 10.0 Å². The molecule has 4 nitrogen and oxygen atoms in total. The van der Waals surface area contributed by atoms with Gasteiger partial charge in [-0.15, -0.1) is 0 Å². The summed E-state index contributed by atoms with van der Waals surface area (Å²) in [4.78, 5) is 17.0. The molecular formula is C23H23Cl2N3O. The van der Waals surface area contributed by atoms with Crippen molar-refractivity contribution in [3.05, 3.63) is 76.3 Å². The first-order valence-electron chi connectivity index (χ1n) is 9.75. The number of nitrogens with one attached hydrogen (secondary N) is 1. The Kier molecular flexibility index (Phi) is 6.36. The first kappa shape index (κ1) is 20.2. The van der Waals surface area contributed by atoms with E-state index < -0.39 is 0 Å². The van der Waals surface area contributed by atoms with Crippen LogP contribution in [0.4, 0.5) is 5.69 Å². The molecule has 0 bridgehead atoms. The predicted octanol–water partition coefficient (Wildman–Crippen LogP) is 4.90. The van der Waals surface area contributed by atoms with Crippen molar-refractivity contribution >= 4 is 45.6 Å². The molecule has 1 amide bonds. The fourth-order valence-electron chi connectivity index (χ4n) is 3.76. The van der Waals surface area contributed by atoms with Crippen LogP contribution in [0.15, 0.2) is 60.7 Å². The summed E-state index contributed by atoms with van der Waals surface area (Å²) in [6, 6.07) is 20.1. The Morgan fingerprint density at radius 3 is 2.45 bits per heavy atom. The van der Waals surface area contributed by atoms with Crippen LogP contribution in [0, 0.1) is 0 Å². The summed E-state index contributed by atoms with van der Waals surface area (Å²) in [5.74, 6) is -0.0725. The lowest BCUT2D eigenvalue weighted by Crippen LogP contribution is -2.48. The second kappa shape index (κ2) is 9.14. The Bertz CT molecular complexity index is 1010. The minimum absolute atomic E-state index is 0.0725. The van der Waals surface area contributed by atoms with Crippen LogP contribution in [0.5, 0.6) is 0 Å². The highest BCUT2D eigenvalue weighted by Crippen LogP contribution is 2.25. The van der Waals surface area contributed by atoms with Gasteiger partial charge in [0.2, 0.25) is 5.91 Å². The quantitative estimate of drug-likeness (QED) is 0.628. The van der Waals surface area contributed by atoms with Gasteiger partial charge in [-0.05, 0) is 34.5 Å². The third-order valence-electron chi connectivity index (χ3n) is 5.31. The van der Waals surface area contributed by atoms with E-state index in [4.69, 9.17) is 23.2 Å². The van der Waals surface area contributed by atoms with Crippen LogP contribution in [-0.2, 0) is 11.3 Å². The van der Waals surface area contributed by atoms with Crippen LogP contribution in [0.25, 0.3) is 10.8 Å². The van der Waals surface area contributed by atoms with Crippen molar-refractivity contribution in [2.24, 2.45) is 0 Å². The van der Waals surface area contributed by atoms with Crippen molar-refractivity contribution in [1.82, 2.24) is 9.80 Å². The van der Waals surface area contributed by atoms with Gasteiger partial charge in [0.25, 0.3) is 0 Å². The van der Waals surface area contributed by atoms with Gasteiger partial charge in [0.1, 0.15) is 0 Å². The van der Waals surface area contributed by atoms with Crippen LogP contribution in [-0.4, -0.2) is 48.4 Å². The average molecular weight is 428 g/mol. The van der Waals surface area contributed by atoms with Crippen LogP contribution >= 0.6 is 23.2 Å². The SMILES string of the molecule is O=C(CN1CCN(Cc2cccc3ccccc23)CC1)Nc1cc(Cl)ccc1Cl. The molecule has 29 heavy (non-hydrogen) atoms. The summed E-state index contributed by atoms with van der Waals surface area (Å²) in [7, 11) is 0. The van der Waals surface area contributed by atoms with Gasteiger partial charge in [0, 0.05) is 37.7 Å². The molecule has 0 atom stereocenters. The normalized spacial score (nSPS) is 15.5. The molecule has 0 spiro atoms. The number of hydrogen-bond acceptors (Lipinski definition) is 3. The minimum Gasteiger partial charge on any atom is -0.324 e. The van der Waals surface area contributed by atoms with Gasteiger partial charge in [0.05, 0.1) is 17.3 Å². The summed E-state index contributed by atoms with van der Waals surface area (Å²) < 4.78 is 0. The predicted molar refractivity (Wildman–Crippen MR) is 121 cm³/mol. The fourth-order valence-corrected chi connectivity index (χ4v) is 4.10. The Hall–Kier alpha value is -2.11. The molecule has 3 aromatic carbocycles. The topological polar surface area (TPSA) is 35.6 Å². The van der Waals surface area contributed by atoms with Gasteiger partial charge >= 0.3 is 0 Å². The molecule has 0 aliphatic carbocycles. The number of rotatable bonds is 5. The molecule has 0 saturated carbocycles. The number of piperazine rings is 1. The van der Waals surface area contributed by atoms with E-state index in [-0.39, 0.29) is 5.91 Å². The molecule has 6 heteroatoms. The molecule has 150 valence electrons. The fraction of sp³-hybridized carbons (Fsp3) is 0.261. The molecular weight excluding hydrogens is 405 g/mol. The van der Waals surface area contributed by atoms with Gasteiger partial charge in [0.15, 0.2) is 0 Å². The molecule has 0 unspecified atom stereocenters. The number of benzene rings is 3. The van der Waals surface area contributed by atoms with E-state index in [1.807, 2.05) is 0 Å². The monoisotopic (exact) mass is 427 g/mol. The summed E-state index contributed by atoms with van der Waals surface area (Å²) in [5.41, 5.74) is 1.91. The number of anilines is 1. The van der Waals surface area contributed by atoms with E-state index in [1.54, 1.807) is 18.2 Å². The standard InChI is InChI=1S/C23H23Cl2N3O/c24-19-8-9-21(25)22(14-19)26-23(29)16-28-12-10-27(11-13-28)15-18-6-3-5-17-4-1-2-7-20(17)18/h1-9,14H,10-13,15-16H2,(H,26,29). The van der Waals surface area contributed by atoms with Crippen molar-refractivity contribution in [3.63, 3.8) is 0 Å². The third kappa shape index (κ3) is 5.09. The van der Waals surface area contributed by atoms with Crippen molar-refractivity contribution < 1.29 is 4.79 Å². The van der Waals surface area contributed by atoms with Crippen molar-refractivity contribution in [1.29, 1.82) is 0 Å². The highest BCUT2D eigenvalue weighted by atomic mass is 35.5. The number of fused-ring (bicyclic) bond motifs is 1. The minimum atomic E-state index is -0.0725. The maximum Gasteiger partial charge on any atom is 0.238 e. The third-order valence-corrected chi connectivity index (χ3v) is 5.87. The first-order chi connectivity index (χ1) is 14.1. The molecule has 0 aromatic heterocycles. The molecule has 1 fully saturated rings.